The Bertz CT molecular complexity index is 553. The number of anilines is 1. The van der Waals surface area contributed by atoms with Crippen LogP contribution in [0.5, 0.6) is 5.75 Å². The summed E-state index contributed by atoms with van der Waals surface area (Å²) in [4.78, 5) is 13.9. The number of nitro groups is 1. The topological polar surface area (TPSA) is 102 Å². The molecule has 0 bridgehead atoms. The molecule has 0 spiro atoms. The number of hydrogen-bond acceptors (Lipinski definition) is 6. The zero-order valence-corrected chi connectivity index (χ0v) is 8.77. The third-order valence-corrected chi connectivity index (χ3v) is 2.66. The van der Waals surface area contributed by atoms with E-state index < -0.39 is 4.92 Å². The number of nitrogen functional groups attached to an aromatic ring is 1. The summed E-state index contributed by atoms with van der Waals surface area (Å²) < 4.78 is 0. The monoisotopic (exact) mass is 237 g/mol. The van der Waals surface area contributed by atoms with E-state index in [4.69, 9.17) is 5.73 Å². The van der Waals surface area contributed by atoms with Gasteiger partial charge in [-0.2, -0.15) is 0 Å². The molecular formula is C9H7N3O3S. The Morgan fingerprint density at radius 3 is 2.75 bits per heavy atom. The number of aromatic nitrogens is 1. The first-order chi connectivity index (χ1) is 7.58. The Hall–Kier alpha value is -2.15. The second-order valence-corrected chi connectivity index (χ2v) is 3.92. The van der Waals surface area contributed by atoms with Crippen molar-refractivity contribution < 1.29 is 10.0 Å². The van der Waals surface area contributed by atoms with Crippen molar-refractivity contribution in [2.45, 2.75) is 0 Å². The molecule has 6 nitrogen and oxygen atoms in total. The number of phenols is 1. The molecule has 16 heavy (non-hydrogen) atoms. The molecule has 0 aliphatic carbocycles. The van der Waals surface area contributed by atoms with E-state index in [2.05, 4.69) is 4.98 Å². The molecule has 0 fully saturated rings. The molecule has 7 heteroatoms. The highest BCUT2D eigenvalue weighted by atomic mass is 32.1. The average Bonchev–Trinajstić information content (AvgIpc) is 2.64. The van der Waals surface area contributed by atoms with E-state index in [1.54, 1.807) is 5.38 Å². The molecule has 3 N–H and O–H groups in total. The quantitative estimate of drug-likeness (QED) is 0.614. The first kappa shape index (κ1) is 10.4. The van der Waals surface area contributed by atoms with Crippen LogP contribution in [0, 0.1) is 10.1 Å². The first-order valence-corrected chi connectivity index (χ1v) is 5.14. The largest absolute Gasteiger partial charge is 0.502 e. The Kier molecular flexibility index (Phi) is 2.45. The minimum absolute atomic E-state index is 0.327. The summed E-state index contributed by atoms with van der Waals surface area (Å²) in [5, 5.41) is 22.0. The van der Waals surface area contributed by atoms with E-state index >= 15 is 0 Å². The van der Waals surface area contributed by atoms with Gasteiger partial charge in [-0.1, -0.05) is 0 Å². The second kappa shape index (κ2) is 3.78. The SMILES string of the molecule is Nc1nc(-c2ccc([N+](=O)[O-])c(O)c2)cs1. The van der Waals surface area contributed by atoms with E-state index in [0.717, 1.165) is 0 Å². The van der Waals surface area contributed by atoms with Crippen LogP contribution in [0.25, 0.3) is 11.3 Å². The van der Waals surface area contributed by atoms with Gasteiger partial charge in [0.05, 0.1) is 10.6 Å². The second-order valence-electron chi connectivity index (χ2n) is 3.03. The molecule has 0 amide bonds. The van der Waals surface area contributed by atoms with E-state index in [-0.39, 0.29) is 11.4 Å². The zero-order valence-electron chi connectivity index (χ0n) is 7.95. The smallest absolute Gasteiger partial charge is 0.310 e. The molecule has 1 heterocycles. The molecule has 2 aromatic rings. The van der Waals surface area contributed by atoms with Crippen LogP contribution in [0.15, 0.2) is 23.6 Å². The molecule has 0 saturated heterocycles. The Morgan fingerprint density at radius 2 is 2.25 bits per heavy atom. The van der Waals surface area contributed by atoms with Crippen LogP contribution >= 0.6 is 11.3 Å². The van der Waals surface area contributed by atoms with Gasteiger partial charge < -0.3 is 10.8 Å². The lowest BCUT2D eigenvalue weighted by Gasteiger charge is -1.99. The molecule has 0 aliphatic heterocycles. The van der Waals surface area contributed by atoms with E-state index in [1.165, 1.54) is 29.5 Å². The van der Waals surface area contributed by atoms with Gasteiger partial charge in [0, 0.05) is 17.0 Å². The predicted molar refractivity (Wildman–Crippen MR) is 60.3 cm³/mol. The average molecular weight is 237 g/mol. The molecule has 0 radical (unpaired) electrons. The van der Waals surface area contributed by atoms with Crippen molar-refractivity contribution in [3.63, 3.8) is 0 Å². The Morgan fingerprint density at radius 1 is 1.50 bits per heavy atom. The van der Waals surface area contributed by atoms with Gasteiger partial charge in [-0.25, -0.2) is 4.98 Å². The predicted octanol–water partition coefficient (Wildman–Crippen LogP) is 2.01. The van der Waals surface area contributed by atoms with Crippen LogP contribution in [-0.2, 0) is 0 Å². The van der Waals surface area contributed by atoms with Crippen LogP contribution < -0.4 is 5.73 Å². The number of hydrogen-bond donors (Lipinski definition) is 2. The fourth-order valence-electron chi connectivity index (χ4n) is 1.26. The number of nitro benzene ring substituents is 1. The zero-order chi connectivity index (χ0) is 11.7. The summed E-state index contributed by atoms with van der Waals surface area (Å²) in [6.45, 7) is 0. The third-order valence-electron chi connectivity index (χ3n) is 1.99. The number of nitrogens with zero attached hydrogens (tertiary/aromatic N) is 2. The summed E-state index contributed by atoms with van der Waals surface area (Å²) in [5.41, 5.74) is 6.33. The first-order valence-electron chi connectivity index (χ1n) is 4.26. The van der Waals surface area contributed by atoms with Gasteiger partial charge in [0.1, 0.15) is 0 Å². The maximum atomic E-state index is 10.5. The van der Waals surface area contributed by atoms with Crippen LogP contribution in [0.1, 0.15) is 0 Å². The van der Waals surface area contributed by atoms with Crippen molar-refractivity contribution in [3.8, 4) is 17.0 Å². The van der Waals surface area contributed by atoms with Crippen molar-refractivity contribution in [1.29, 1.82) is 0 Å². The highest BCUT2D eigenvalue weighted by Gasteiger charge is 2.14. The molecule has 0 saturated carbocycles. The van der Waals surface area contributed by atoms with Gasteiger partial charge in [-0.15, -0.1) is 11.3 Å². The van der Waals surface area contributed by atoms with Gasteiger partial charge in [0.2, 0.25) is 0 Å². The van der Waals surface area contributed by atoms with Gasteiger partial charge in [0.15, 0.2) is 10.9 Å². The molecule has 0 aliphatic rings. The lowest BCUT2D eigenvalue weighted by molar-refractivity contribution is -0.385. The lowest BCUT2D eigenvalue weighted by atomic mass is 10.1. The number of nitrogens with two attached hydrogens (primary N) is 1. The van der Waals surface area contributed by atoms with E-state index in [1.807, 2.05) is 0 Å². The number of phenolic OH excluding ortho intramolecular Hbond substituents is 1. The van der Waals surface area contributed by atoms with Crippen molar-refractivity contribution in [1.82, 2.24) is 4.98 Å². The van der Waals surface area contributed by atoms with Crippen molar-refractivity contribution >= 4 is 22.2 Å². The van der Waals surface area contributed by atoms with Crippen molar-refractivity contribution in [3.05, 3.63) is 33.7 Å². The van der Waals surface area contributed by atoms with Gasteiger partial charge in [-0.05, 0) is 12.1 Å². The summed E-state index contributed by atoms with van der Waals surface area (Å²) in [6.07, 6.45) is 0. The van der Waals surface area contributed by atoms with Crippen LogP contribution in [0.2, 0.25) is 0 Å². The van der Waals surface area contributed by atoms with Gasteiger partial charge in [-0.3, -0.25) is 10.1 Å². The normalized spacial score (nSPS) is 10.2. The summed E-state index contributed by atoms with van der Waals surface area (Å²) in [6, 6.07) is 4.05. The lowest BCUT2D eigenvalue weighted by Crippen LogP contribution is -1.89. The Labute approximate surface area is 94.1 Å². The Balaban J connectivity index is 2.45. The van der Waals surface area contributed by atoms with Gasteiger partial charge >= 0.3 is 5.69 Å². The highest BCUT2D eigenvalue weighted by molar-refractivity contribution is 7.13. The minimum atomic E-state index is -0.644. The standard InChI is InChI=1S/C9H7N3O3S/c10-9-11-6(4-16-9)5-1-2-7(12(14)15)8(13)3-5/h1-4,13H,(H2,10,11). The molecule has 0 atom stereocenters. The summed E-state index contributed by atoms with van der Waals surface area (Å²) in [7, 11) is 0. The highest BCUT2D eigenvalue weighted by Crippen LogP contribution is 2.31. The fourth-order valence-corrected chi connectivity index (χ4v) is 1.83. The molecule has 1 aromatic carbocycles. The third kappa shape index (κ3) is 1.80. The van der Waals surface area contributed by atoms with Gasteiger partial charge in [0.25, 0.3) is 0 Å². The molecular weight excluding hydrogens is 230 g/mol. The van der Waals surface area contributed by atoms with Crippen LogP contribution in [0.4, 0.5) is 10.8 Å². The molecule has 0 unspecified atom stereocenters. The fraction of sp³-hybridized carbons (Fsp3) is 0. The minimum Gasteiger partial charge on any atom is -0.502 e. The van der Waals surface area contributed by atoms with E-state index in [9.17, 15) is 15.2 Å². The number of aromatic hydroxyl groups is 1. The number of rotatable bonds is 2. The maximum Gasteiger partial charge on any atom is 0.310 e. The number of thiazole rings is 1. The van der Waals surface area contributed by atoms with E-state index in [0.29, 0.717) is 16.4 Å². The number of benzene rings is 1. The molecule has 2 rings (SSSR count). The van der Waals surface area contributed by atoms with Crippen LogP contribution in [-0.4, -0.2) is 15.0 Å². The van der Waals surface area contributed by atoms with Crippen molar-refractivity contribution in [2.75, 3.05) is 5.73 Å². The molecule has 1 aromatic heterocycles. The summed E-state index contributed by atoms with van der Waals surface area (Å²) in [5.74, 6) is -0.380. The summed E-state index contributed by atoms with van der Waals surface area (Å²) >= 11 is 1.27. The maximum absolute atomic E-state index is 10.5. The van der Waals surface area contributed by atoms with Crippen molar-refractivity contribution in [2.24, 2.45) is 0 Å². The van der Waals surface area contributed by atoms with Crippen LogP contribution in [0.3, 0.4) is 0 Å². The molecule has 82 valence electrons.